The second-order valence-corrected chi connectivity index (χ2v) is 4.68. The van der Waals surface area contributed by atoms with Crippen LogP contribution in [-0.4, -0.2) is 27.3 Å². The zero-order valence-electron chi connectivity index (χ0n) is 11.8. The van der Waals surface area contributed by atoms with Crippen LogP contribution in [0, 0.1) is 6.92 Å². The lowest BCUT2D eigenvalue weighted by molar-refractivity contribution is 0.416. The molecule has 21 heavy (non-hydrogen) atoms. The number of rotatable bonds is 3. The van der Waals surface area contributed by atoms with E-state index in [1.165, 1.54) is 0 Å². The van der Waals surface area contributed by atoms with E-state index in [1.807, 2.05) is 43.3 Å². The van der Waals surface area contributed by atoms with E-state index in [9.17, 15) is 0 Å². The van der Waals surface area contributed by atoms with Crippen LogP contribution in [0.2, 0.25) is 0 Å². The normalized spacial score (nSPS) is 10.6. The summed E-state index contributed by atoms with van der Waals surface area (Å²) in [5.74, 6) is 1.19. The third-order valence-corrected chi connectivity index (χ3v) is 3.22. The Morgan fingerprint density at radius 2 is 1.95 bits per heavy atom. The SMILES string of the molecule is COc1cccc(N)c1-c1nnnn1-c1cccc(C)c1. The fourth-order valence-corrected chi connectivity index (χ4v) is 2.23. The van der Waals surface area contributed by atoms with Crippen molar-refractivity contribution in [3.05, 3.63) is 48.0 Å². The highest BCUT2D eigenvalue weighted by Crippen LogP contribution is 2.34. The number of nitrogens with zero attached hydrogens (tertiary/aromatic N) is 4. The molecule has 0 unspecified atom stereocenters. The van der Waals surface area contributed by atoms with E-state index < -0.39 is 0 Å². The van der Waals surface area contributed by atoms with Crippen LogP contribution in [0.4, 0.5) is 5.69 Å². The van der Waals surface area contributed by atoms with E-state index in [2.05, 4.69) is 15.5 Å². The minimum absolute atomic E-state index is 0.551. The number of nitrogen functional groups attached to an aromatic ring is 1. The topological polar surface area (TPSA) is 78.8 Å². The van der Waals surface area contributed by atoms with E-state index in [-0.39, 0.29) is 0 Å². The van der Waals surface area contributed by atoms with Gasteiger partial charge in [-0.15, -0.1) is 5.10 Å². The van der Waals surface area contributed by atoms with Gasteiger partial charge >= 0.3 is 0 Å². The maximum Gasteiger partial charge on any atom is 0.192 e. The first-order valence-corrected chi connectivity index (χ1v) is 6.49. The molecule has 106 valence electrons. The molecule has 2 aromatic carbocycles. The number of ether oxygens (including phenoxy) is 1. The van der Waals surface area contributed by atoms with Crippen LogP contribution in [0.5, 0.6) is 5.75 Å². The third kappa shape index (κ3) is 2.31. The van der Waals surface area contributed by atoms with E-state index in [0.29, 0.717) is 22.8 Å². The molecule has 0 aliphatic heterocycles. The van der Waals surface area contributed by atoms with Crippen molar-refractivity contribution < 1.29 is 4.74 Å². The van der Waals surface area contributed by atoms with Crippen LogP contribution in [-0.2, 0) is 0 Å². The average Bonchev–Trinajstić information content (AvgIpc) is 2.96. The number of nitrogens with two attached hydrogens (primary N) is 1. The summed E-state index contributed by atoms with van der Waals surface area (Å²) in [6.07, 6.45) is 0. The molecule has 0 atom stereocenters. The molecular formula is C15H15N5O. The number of benzene rings is 2. The first-order valence-electron chi connectivity index (χ1n) is 6.49. The number of methoxy groups -OCH3 is 1. The summed E-state index contributed by atoms with van der Waals surface area (Å²) in [4.78, 5) is 0. The van der Waals surface area contributed by atoms with Crippen molar-refractivity contribution in [1.29, 1.82) is 0 Å². The molecule has 0 spiro atoms. The Morgan fingerprint density at radius 3 is 2.71 bits per heavy atom. The van der Waals surface area contributed by atoms with Gasteiger partial charge in [0.05, 0.1) is 18.4 Å². The van der Waals surface area contributed by atoms with Crippen LogP contribution in [0.1, 0.15) is 5.56 Å². The number of anilines is 1. The molecule has 3 aromatic rings. The first kappa shape index (κ1) is 13.1. The second-order valence-electron chi connectivity index (χ2n) is 4.68. The van der Waals surface area contributed by atoms with Gasteiger partial charge in [-0.1, -0.05) is 18.2 Å². The Kier molecular flexibility index (Phi) is 3.27. The molecular weight excluding hydrogens is 266 g/mol. The van der Waals surface area contributed by atoms with Gasteiger partial charge in [0.25, 0.3) is 0 Å². The lowest BCUT2D eigenvalue weighted by Gasteiger charge is -2.11. The molecule has 0 saturated carbocycles. The van der Waals surface area contributed by atoms with Gasteiger partial charge in [0, 0.05) is 5.69 Å². The summed E-state index contributed by atoms with van der Waals surface area (Å²) in [7, 11) is 1.60. The van der Waals surface area contributed by atoms with Gasteiger partial charge in [-0.05, 0) is 47.2 Å². The molecule has 0 fully saturated rings. The molecule has 0 aliphatic rings. The molecule has 6 heteroatoms. The lowest BCUT2D eigenvalue weighted by atomic mass is 10.1. The Labute approximate surface area is 122 Å². The Hall–Kier alpha value is -2.89. The summed E-state index contributed by atoms with van der Waals surface area (Å²) in [6, 6.07) is 13.4. The quantitative estimate of drug-likeness (QED) is 0.745. The predicted octanol–water partition coefficient (Wildman–Crippen LogP) is 2.23. The molecule has 3 rings (SSSR count). The van der Waals surface area contributed by atoms with Gasteiger partial charge in [-0.3, -0.25) is 0 Å². The smallest absolute Gasteiger partial charge is 0.192 e. The van der Waals surface area contributed by atoms with E-state index in [0.717, 1.165) is 11.3 Å². The Morgan fingerprint density at radius 1 is 1.14 bits per heavy atom. The van der Waals surface area contributed by atoms with Gasteiger partial charge in [-0.25, -0.2) is 0 Å². The molecule has 2 N–H and O–H groups in total. The highest BCUT2D eigenvalue weighted by atomic mass is 16.5. The number of tetrazole rings is 1. The van der Waals surface area contributed by atoms with E-state index >= 15 is 0 Å². The van der Waals surface area contributed by atoms with Crippen molar-refractivity contribution in [2.75, 3.05) is 12.8 Å². The van der Waals surface area contributed by atoms with Crippen LogP contribution in [0.15, 0.2) is 42.5 Å². The summed E-state index contributed by atoms with van der Waals surface area (Å²) < 4.78 is 7.03. The Balaban J connectivity index is 2.21. The van der Waals surface area contributed by atoms with Crippen LogP contribution < -0.4 is 10.5 Å². The van der Waals surface area contributed by atoms with Gasteiger partial charge < -0.3 is 10.5 Å². The van der Waals surface area contributed by atoms with Crippen molar-refractivity contribution >= 4 is 5.69 Å². The zero-order chi connectivity index (χ0) is 14.8. The predicted molar refractivity (Wildman–Crippen MR) is 80.3 cm³/mol. The monoisotopic (exact) mass is 281 g/mol. The molecule has 0 saturated heterocycles. The third-order valence-electron chi connectivity index (χ3n) is 3.22. The maximum atomic E-state index is 6.08. The molecule has 1 heterocycles. The minimum Gasteiger partial charge on any atom is -0.496 e. The van der Waals surface area contributed by atoms with Crippen LogP contribution in [0.25, 0.3) is 17.1 Å². The second kappa shape index (κ2) is 5.24. The standard InChI is InChI=1S/C15H15N5O/c1-10-5-3-6-11(9-10)20-15(17-18-19-20)14-12(16)7-4-8-13(14)21-2/h3-9H,16H2,1-2H3. The summed E-state index contributed by atoms with van der Waals surface area (Å²) in [5, 5.41) is 11.9. The summed E-state index contributed by atoms with van der Waals surface area (Å²) in [6.45, 7) is 2.02. The Bertz CT molecular complexity index is 781. The van der Waals surface area contributed by atoms with Crippen LogP contribution >= 0.6 is 0 Å². The van der Waals surface area contributed by atoms with Crippen molar-refractivity contribution in [2.45, 2.75) is 6.92 Å². The van der Waals surface area contributed by atoms with Gasteiger partial charge in [0.1, 0.15) is 5.75 Å². The maximum absolute atomic E-state index is 6.08. The molecule has 0 bridgehead atoms. The molecule has 0 aliphatic carbocycles. The van der Waals surface area contributed by atoms with Gasteiger partial charge in [0.2, 0.25) is 0 Å². The number of hydrogen-bond donors (Lipinski definition) is 1. The number of hydrogen-bond acceptors (Lipinski definition) is 5. The van der Waals surface area contributed by atoms with E-state index in [4.69, 9.17) is 10.5 Å². The average molecular weight is 281 g/mol. The van der Waals surface area contributed by atoms with Gasteiger partial charge in [-0.2, -0.15) is 4.68 Å². The number of aryl methyl sites for hydroxylation is 1. The lowest BCUT2D eigenvalue weighted by Crippen LogP contribution is -2.03. The minimum atomic E-state index is 0.551. The summed E-state index contributed by atoms with van der Waals surface area (Å²) >= 11 is 0. The van der Waals surface area contributed by atoms with Crippen molar-refractivity contribution in [1.82, 2.24) is 20.2 Å². The fourth-order valence-electron chi connectivity index (χ4n) is 2.23. The highest BCUT2D eigenvalue weighted by molar-refractivity contribution is 5.78. The van der Waals surface area contributed by atoms with Crippen molar-refractivity contribution in [2.24, 2.45) is 0 Å². The number of aromatic nitrogens is 4. The molecule has 6 nitrogen and oxygen atoms in total. The van der Waals surface area contributed by atoms with E-state index in [1.54, 1.807) is 17.9 Å². The molecule has 0 radical (unpaired) electrons. The van der Waals surface area contributed by atoms with Crippen molar-refractivity contribution in [3.8, 4) is 22.8 Å². The summed E-state index contributed by atoms with van der Waals surface area (Å²) in [5.41, 5.74) is 9.33. The first-order chi connectivity index (χ1) is 10.2. The molecule has 0 amide bonds. The van der Waals surface area contributed by atoms with Gasteiger partial charge in [0.15, 0.2) is 5.82 Å². The van der Waals surface area contributed by atoms with Crippen molar-refractivity contribution in [3.63, 3.8) is 0 Å². The van der Waals surface area contributed by atoms with Crippen LogP contribution in [0.3, 0.4) is 0 Å². The largest absolute Gasteiger partial charge is 0.496 e. The molecule has 1 aromatic heterocycles. The zero-order valence-corrected chi connectivity index (χ0v) is 11.8. The highest BCUT2D eigenvalue weighted by Gasteiger charge is 2.18. The fraction of sp³-hybridized carbons (Fsp3) is 0.133.